The van der Waals surface area contributed by atoms with Crippen molar-refractivity contribution in [3.8, 4) is 5.75 Å². The highest BCUT2D eigenvalue weighted by Gasteiger charge is 2.24. The minimum absolute atomic E-state index is 0.0825. The number of β-amino-alcohol motifs (C(OH)–C–C–N with tert-alkyl or cyclic N) is 1. The third-order valence-corrected chi connectivity index (χ3v) is 4.62. The third kappa shape index (κ3) is 5.47. The number of piperazine rings is 1. The zero-order chi connectivity index (χ0) is 17.4. The van der Waals surface area contributed by atoms with Gasteiger partial charge in [-0.15, -0.1) is 0 Å². The van der Waals surface area contributed by atoms with E-state index in [9.17, 15) is 4.79 Å². The predicted molar refractivity (Wildman–Crippen MR) is 94.3 cm³/mol. The number of carbonyl (C=O) groups is 1. The zero-order valence-corrected chi connectivity index (χ0v) is 14.7. The van der Waals surface area contributed by atoms with Gasteiger partial charge in [-0.05, 0) is 31.0 Å². The van der Waals surface area contributed by atoms with E-state index in [1.165, 1.54) is 5.56 Å². The second kappa shape index (κ2) is 9.61. The van der Waals surface area contributed by atoms with Gasteiger partial charge in [0, 0.05) is 39.3 Å². The van der Waals surface area contributed by atoms with Crippen LogP contribution in [0.1, 0.15) is 12.5 Å². The molecule has 1 aliphatic rings. The van der Waals surface area contributed by atoms with Gasteiger partial charge in [-0.25, -0.2) is 0 Å². The van der Waals surface area contributed by atoms with Crippen LogP contribution in [0.2, 0.25) is 0 Å². The smallest absolute Gasteiger partial charge is 0.237 e. The molecule has 1 fully saturated rings. The molecule has 0 aliphatic carbocycles. The van der Waals surface area contributed by atoms with Crippen LogP contribution < -0.4 is 10.1 Å². The van der Waals surface area contributed by atoms with E-state index in [1.54, 1.807) is 7.11 Å². The minimum atomic E-state index is -0.114. The number of hydrogen-bond donors (Lipinski definition) is 2. The molecule has 1 atom stereocenters. The monoisotopic (exact) mass is 335 g/mol. The molecule has 0 radical (unpaired) electrons. The summed E-state index contributed by atoms with van der Waals surface area (Å²) in [6, 6.07) is 7.80. The van der Waals surface area contributed by atoms with Gasteiger partial charge in [0.2, 0.25) is 5.91 Å². The van der Waals surface area contributed by atoms with E-state index in [-0.39, 0.29) is 18.6 Å². The van der Waals surface area contributed by atoms with Crippen molar-refractivity contribution >= 4 is 5.91 Å². The average Bonchev–Trinajstić information content (AvgIpc) is 2.62. The van der Waals surface area contributed by atoms with Crippen molar-refractivity contribution in [3.63, 3.8) is 0 Å². The number of amides is 1. The summed E-state index contributed by atoms with van der Waals surface area (Å²) in [6.45, 7) is 7.07. The summed E-state index contributed by atoms with van der Waals surface area (Å²) in [5, 5.41) is 12.0. The van der Waals surface area contributed by atoms with Gasteiger partial charge in [0.1, 0.15) is 5.75 Å². The second-order valence-corrected chi connectivity index (χ2v) is 6.17. The lowest BCUT2D eigenvalue weighted by Crippen LogP contribution is -2.54. The van der Waals surface area contributed by atoms with Crippen LogP contribution >= 0.6 is 0 Å². The number of rotatable bonds is 8. The predicted octanol–water partition coefficient (Wildman–Crippen LogP) is 0.352. The lowest BCUT2D eigenvalue weighted by molar-refractivity contribution is -0.126. The van der Waals surface area contributed by atoms with Crippen molar-refractivity contribution in [2.45, 2.75) is 19.4 Å². The number of aliphatic hydroxyl groups excluding tert-OH is 1. The van der Waals surface area contributed by atoms with Crippen molar-refractivity contribution in [2.75, 3.05) is 53.0 Å². The van der Waals surface area contributed by atoms with E-state index in [2.05, 4.69) is 15.1 Å². The summed E-state index contributed by atoms with van der Waals surface area (Å²) >= 11 is 0. The Labute approximate surface area is 144 Å². The van der Waals surface area contributed by atoms with Crippen LogP contribution in [-0.2, 0) is 11.2 Å². The number of methoxy groups -OCH3 is 1. The summed E-state index contributed by atoms with van der Waals surface area (Å²) in [5.74, 6) is 0.927. The molecule has 1 amide bonds. The molecule has 1 saturated heterocycles. The summed E-state index contributed by atoms with van der Waals surface area (Å²) < 4.78 is 5.14. The normalized spacial score (nSPS) is 17.5. The molecular formula is C18H29N3O3. The van der Waals surface area contributed by atoms with Gasteiger partial charge in [0.25, 0.3) is 0 Å². The van der Waals surface area contributed by atoms with E-state index in [0.717, 1.165) is 44.9 Å². The first-order valence-electron chi connectivity index (χ1n) is 8.62. The van der Waals surface area contributed by atoms with Crippen molar-refractivity contribution < 1.29 is 14.6 Å². The average molecular weight is 335 g/mol. The molecule has 24 heavy (non-hydrogen) atoms. The minimum Gasteiger partial charge on any atom is -0.497 e. The van der Waals surface area contributed by atoms with Crippen molar-refractivity contribution in [1.82, 2.24) is 15.1 Å². The Hall–Kier alpha value is -1.63. The number of aliphatic hydroxyl groups is 1. The van der Waals surface area contributed by atoms with Gasteiger partial charge in [-0.1, -0.05) is 12.1 Å². The van der Waals surface area contributed by atoms with E-state index in [1.807, 2.05) is 31.2 Å². The largest absolute Gasteiger partial charge is 0.497 e. The van der Waals surface area contributed by atoms with Crippen LogP contribution in [0.3, 0.4) is 0 Å². The Morgan fingerprint density at radius 1 is 1.25 bits per heavy atom. The molecule has 0 aromatic heterocycles. The summed E-state index contributed by atoms with van der Waals surface area (Å²) in [5.41, 5.74) is 1.18. The standard InChI is InChI=1S/C18H29N3O3/c1-15(21-11-9-20(10-12-21)13-14-22)18(23)19-8-7-16-3-5-17(24-2)6-4-16/h3-6,15,22H,7-14H2,1-2H3,(H,19,23). The fourth-order valence-corrected chi connectivity index (χ4v) is 2.95. The van der Waals surface area contributed by atoms with Crippen LogP contribution in [0.15, 0.2) is 24.3 Å². The Morgan fingerprint density at radius 3 is 2.50 bits per heavy atom. The summed E-state index contributed by atoms with van der Waals surface area (Å²) in [6.07, 6.45) is 0.812. The summed E-state index contributed by atoms with van der Waals surface area (Å²) in [7, 11) is 1.65. The maximum absolute atomic E-state index is 12.3. The molecule has 1 heterocycles. The molecule has 0 saturated carbocycles. The van der Waals surface area contributed by atoms with E-state index < -0.39 is 0 Å². The maximum atomic E-state index is 12.3. The molecule has 6 heteroatoms. The second-order valence-electron chi connectivity index (χ2n) is 6.17. The number of carbonyl (C=O) groups excluding carboxylic acids is 1. The van der Waals surface area contributed by atoms with Crippen LogP contribution in [0.4, 0.5) is 0 Å². The number of ether oxygens (including phenoxy) is 1. The number of nitrogens with one attached hydrogen (secondary N) is 1. The molecule has 0 bridgehead atoms. The number of hydrogen-bond acceptors (Lipinski definition) is 5. The zero-order valence-electron chi connectivity index (χ0n) is 14.7. The maximum Gasteiger partial charge on any atom is 0.237 e. The number of benzene rings is 1. The molecule has 1 aromatic rings. The van der Waals surface area contributed by atoms with E-state index >= 15 is 0 Å². The van der Waals surface area contributed by atoms with Crippen molar-refractivity contribution in [1.29, 1.82) is 0 Å². The van der Waals surface area contributed by atoms with Gasteiger partial charge < -0.3 is 15.2 Å². The van der Waals surface area contributed by atoms with Crippen LogP contribution in [-0.4, -0.2) is 79.8 Å². The first-order chi connectivity index (χ1) is 11.6. The van der Waals surface area contributed by atoms with Gasteiger partial charge >= 0.3 is 0 Å². The Bertz CT molecular complexity index is 499. The molecule has 2 N–H and O–H groups in total. The molecule has 0 spiro atoms. The highest BCUT2D eigenvalue weighted by atomic mass is 16.5. The van der Waals surface area contributed by atoms with Gasteiger partial charge in [-0.3, -0.25) is 14.6 Å². The molecule has 134 valence electrons. The topological polar surface area (TPSA) is 65.0 Å². The molecule has 6 nitrogen and oxygen atoms in total. The van der Waals surface area contributed by atoms with E-state index in [4.69, 9.17) is 9.84 Å². The fraction of sp³-hybridized carbons (Fsp3) is 0.611. The molecule has 1 aliphatic heterocycles. The van der Waals surface area contributed by atoms with Gasteiger partial charge in [0.15, 0.2) is 0 Å². The van der Waals surface area contributed by atoms with Crippen LogP contribution in [0.25, 0.3) is 0 Å². The van der Waals surface area contributed by atoms with Gasteiger partial charge in [-0.2, -0.15) is 0 Å². The molecule has 1 unspecified atom stereocenters. The summed E-state index contributed by atoms with van der Waals surface area (Å²) in [4.78, 5) is 16.7. The lowest BCUT2D eigenvalue weighted by Gasteiger charge is -2.37. The third-order valence-electron chi connectivity index (χ3n) is 4.62. The number of nitrogens with zero attached hydrogens (tertiary/aromatic N) is 2. The fourth-order valence-electron chi connectivity index (χ4n) is 2.95. The Balaban J connectivity index is 1.69. The lowest BCUT2D eigenvalue weighted by atomic mass is 10.1. The SMILES string of the molecule is COc1ccc(CCNC(=O)C(C)N2CCN(CCO)CC2)cc1. The van der Waals surface area contributed by atoms with Gasteiger partial charge in [0.05, 0.1) is 19.8 Å². The van der Waals surface area contributed by atoms with Crippen molar-refractivity contribution in [2.24, 2.45) is 0 Å². The molecule has 1 aromatic carbocycles. The van der Waals surface area contributed by atoms with Crippen LogP contribution in [0, 0.1) is 0 Å². The quantitative estimate of drug-likeness (QED) is 0.718. The Kier molecular flexibility index (Phi) is 7.49. The highest BCUT2D eigenvalue weighted by Crippen LogP contribution is 2.11. The molecular weight excluding hydrogens is 306 g/mol. The van der Waals surface area contributed by atoms with Crippen molar-refractivity contribution in [3.05, 3.63) is 29.8 Å². The first kappa shape index (κ1) is 18.7. The van der Waals surface area contributed by atoms with E-state index in [0.29, 0.717) is 6.54 Å². The Morgan fingerprint density at radius 2 is 1.92 bits per heavy atom. The van der Waals surface area contributed by atoms with Crippen LogP contribution in [0.5, 0.6) is 5.75 Å². The molecule has 2 rings (SSSR count). The first-order valence-corrected chi connectivity index (χ1v) is 8.62. The highest BCUT2D eigenvalue weighted by molar-refractivity contribution is 5.81.